The van der Waals surface area contributed by atoms with Crippen molar-refractivity contribution < 1.29 is 69.1 Å². The van der Waals surface area contributed by atoms with Crippen LogP contribution in [0.2, 0.25) is 0 Å². The zero-order chi connectivity index (χ0) is 10.1. The summed E-state index contributed by atoms with van der Waals surface area (Å²) >= 11 is 0. The maximum atomic E-state index is 12.1. The molecular formula is C7H14BF3KNO. The van der Waals surface area contributed by atoms with E-state index >= 15 is 0 Å². The molecule has 1 saturated heterocycles. The Morgan fingerprint density at radius 1 is 1.36 bits per heavy atom. The molecule has 0 aromatic carbocycles. The first-order valence-electron chi connectivity index (χ1n) is 4.45. The summed E-state index contributed by atoms with van der Waals surface area (Å²) < 4.78 is 41.6. The van der Waals surface area contributed by atoms with Gasteiger partial charge in [0.1, 0.15) is 0 Å². The second-order valence-corrected chi connectivity index (χ2v) is 3.66. The fourth-order valence-electron chi connectivity index (χ4n) is 1.49. The van der Waals surface area contributed by atoms with Crippen molar-refractivity contribution in [3.8, 4) is 0 Å². The molecule has 0 aliphatic carbocycles. The van der Waals surface area contributed by atoms with Crippen molar-refractivity contribution in [1.29, 1.82) is 0 Å². The number of nitrogens with zero attached hydrogens (tertiary/aromatic N) is 1. The van der Waals surface area contributed by atoms with Crippen molar-refractivity contribution in [2.75, 3.05) is 19.6 Å². The summed E-state index contributed by atoms with van der Waals surface area (Å²) in [6.07, 6.45) is -0.858. The molecule has 14 heavy (non-hydrogen) atoms. The molecule has 0 radical (unpaired) electrons. The molecule has 2 unspecified atom stereocenters. The van der Waals surface area contributed by atoms with Gasteiger partial charge in [0, 0.05) is 12.6 Å². The zero-order valence-corrected chi connectivity index (χ0v) is 12.0. The molecule has 1 fully saturated rings. The maximum absolute atomic E-state index is 12.1. The Labute approximate surface area is 125 Å². The van der Waals surface area contributed by atoms with Gasteiger partial charge in [-0.25, -0.2) is 0 Å². The van der Waals surface area contributed by atoms with Crippen LogP contribution in [-0.2, 0) is 4.74 Å². The van der Waals surface area contributed by atoms with Crippen LogP contribution >= 0.6 is 0 Å². The fraction of sp³-hybridized carbons (Fsp3) is 1.00. The van der Waals surface area contributed by atoms with Gasteiger partial charge in [-0.3, -0.25) is 0 Å². The minimum atomic E-state index is -4.71. The monoisotopic (exact) mass is 235 g/mol. The quantitative estimate of drug-likeness (QED) is 0.539. The standard InChI is InChI=1S/C7H14BF3NO.K/c1-6-4-13-7(2)3-12(6)5-8(9,10)11;/h6-7H,3-5H2,1-2H3;/q-1;+1. The van der Waals surface area contributed by atoms with Crippen molar-refractivity contribution in [3.05, 3.63) is 0 Å². The topological polar surface area (TPSA) is 12.5 Å². The van der Waals surface area contributed by atoms with Crippen molar-refractivity contribution in [3.63, 3.8) is 0 Å². The van der Waals surface area contributed by atoms with Crippen LogP contribution in [0.1, 0.15) is 13.8 Å². The summed E-state index contributed by atoms with van der Waals surface area (Å²) in [4.78, 5) is 1.44. The average molecular weight is 235 g/mol. The molecule has 0 spiro atoms. The summed E-state index contributed by atoms with van der Waals surface area (Å²) in [5.41, 5.74) is 0. The average Bonchev–Trinajstić information content (AvgIpc) is 1.94. The Hall–Kier alpha value is 1.41. The second-order valence-electron chi connectivity index (χ2n) is 3.66. The van der Waals surface area contributed by atoms with Gasteiger partial charge >= 0.3 is 58.4 Å². The third-order valence-electron chi connectivity index (χ3n) is 2.18. The first-order valence-corrected chi connectivity index (χ1v) is 4.45. The van der Waals surface area contributed by atoms with Gasteiger partial charge in [-0.05, 0) is 20.3 Å². The van der Waals surface area contributed by atoms with Gasteiger partial charge in [0.25, 0.3) is 0 Å². The molecule has 2 atom stereocenters. The number of rotatable bonds is 2. The number of hydrogen-bond donors (Lipinski definition) is 0. The van der Waals surface area contributed by atoms with E-state index in [2.05, 4.69) is 0 Å². The molecule has 2 nitrogen and oxygen atoms in total. The van der Waals surface area contributed by atoms with Gasteiger partial charge in [-0.2, -0.15) is 0 Å². The summed E-state index contributed by atoms with van der Waals surface area (Å²) in [6.45, 7) is -0.384. The molecule has 78 valence electrons. The van der Waals surface area contributed by atoms with E-state index in [1.807, 2.05) is 0 Å². The third-order valence-corrected chi connectivity index (χ3v) is 2.18. The molecule has 0 bridgehead atoms. The SMILES string of the molecule is CC1CN(C[B-](F)(F)F)C(C)CO1.[K+]. The minimum Gasteiger partial charge on any atom is -0.448 e. The van der Waals surface area contributed by atoms with Gasteiger partial charge in [-0.1, -0.05) is 0 Å². The normalized spacial score (nSPS) is 29.8. The molecular weight excluding hydrogens is 221 g/mol. The molecule has 0 aromatic rings. The molecule has 0 N–H and O–H groups in total. The Balaban J connectivity index is 0.00000169. The van der Waals surface area contributed by atoms with Crippen molar-refractivity contribution in [2.45, 2.75) is 26.0 Å². The van der Waals surface area contributed by atoms with E-state index in [9.17, 15) is 12.9 Å². The van der Waals surface area contributed by atoms with E-state index in [4.69, 9.17) is 4.74 Å². The van der Waals surface area contributed by atoms with Crippen LogP contribution in [0.3, 0.4) is 0 Å². The van der Waals surface area contributed by atoms with Gasteiger partial charge in [0.05, 0.1) is 12.7 Å². The molecule has 1 rings (SSSR count). The third kappa shape index (κ3) is 5.48. The van der Waals surface area contributed by atoms with Crippen LogP contribution in [0.15, 0.2) is 0 Å². The van der Waals surface area contributed by atoms with E-state index in [0.717, 1.165) is 0 Å². The zero-order valence-electron chi connectivity index (χ0n) is 8.84. The van der Waals surface area contributed by atoms with Crippen LogP contribution in [0, 0.1) is 0 Å². The van der Waals surface area contributed by atoms with Gasteiger partial charge in [-0.15, -0.1) is 0 Å². The Bertz CT molecular complexity index is 181. The smallest absolute Gasteiger partial charge is 0.448 e. The predicted molar refractivity (Wildman–Crippen MR) is 45.5 cm³/mol. The molecule has 7 heteroatoms. The van der Waals surface area contributed by atoms with E-state index in [1.165, 1.54) is 4.90 Å². The number of ether oxygens (including phenoxy) is 1. The van der Waals surface area contributed by atoms with E-state index in [1.54, 1.807) is 13.8 Å². The molecule has 1 aliphatic heterocycles. The van der Waals surface area contributed by atoms with Crippen molar-refractivity contribution in [2.24, 2.45) is 0 Å². The summed E-state index contributed by atoms with van der Waals surface area (Å²) in [5, 5.41) is 0. The number of halogens is 3. The fourth-order valence-corrected chi connectivity index (χ4v) is 1.49. The van der Waals surface area contributed by atoms with Gasteiger partial charge < -0.3 is 22.6 Å². The first-order chi connectivity index (χ1) is 5.88. The minimum absolute atomic E-state index is 0. The van der Waals surface area contributed by atoms with E-state index in [0.29, 0.717) is 13.2 Å². The first kappa shape index (κ1) is 15.4. The summed E-state index contributed by atoms with van der Waals surface area (Å²) in [7, 11) is 0. The second kappa shape index (κ2) is 6.22. The van der Waals surface area contributed by atoms with Crippen LogP contribution in [0.4, 0.5) is 12.9 Å². The van der Waals surface area contributed by atoms with Gasteiger partial charge in [0.2, 0.25) is 0 Å². The predicted octanol–water partition coefficient (Wildman–Crippen LogP) is -1.51. The number of hydrogen-bond acceptors (Lipinski definition) is 2. The molecule has 1 heterocycles. The van der Waals surface area contributed by atoms with Crippen LogP contribution in [0.25, 0.3) is 0 Å². The van der Waals surface area contributed by atoms with Crippen LogP contribution < -0.4 is 51.4 Å². The molecule has 0 amide bonds. The largest absolute Gasteiger partial charge is 1.00 e. The molecule has 1 aliphatic rings. The number of morpholine rings is 1. The van der Waals surface area contributed by atoms with Gasteiger partial charge in [0.15, 0.2) is 0 Å². The molecule has 0 saturated carbocycles. The van der Waals surface area contributed by atoms with Crippen LogP contribution in [-0.4, -0.2) is 43.6 Å². The summed E-state index contributed by atoms with van der Waals surface area (Å²) in [5.74, 6) is 0. The Morgan fingerprint density at radius 3 is 2.43 bits per heavy atom. The Kier molecular flexibility index (Phi) is 6.85. The molecule has 0 aromatic heterocycles. The van der Waals surface area contributed by atoms with Crippen LogP contribution in [0.5, 0.6) is 0 Å². The Morgan fingerprint density at radius 2 is 1.93 bits per heavy atom. The van der Waals surface area contributed by atoms with Crippen molar-refractivity contribution >= 4 is 6.98 Å². The van der Waals surface area contributed by atoms with Crippen molar-refractivity contribution in [1.82, 2.24) is 4.90 Å². The van der Waals surface area contributed by atoms with E-state index < -0.39 is 13.4 Å². The maximum Gasteiger partial charge on any atom is 1.00 e. The van der Waals surface area contributed by atoms with E-state index in [-0.39, 0.29) is 63.5 Å². The summed E-state index contributed by atoms with van der Waals surface area (Å²) in [6, 6.07) is -0.125.